The first-order valence-electron chi connectivity index (χ1n) is 10.7. The predicted molar refractivity (Wildman–Crippen MR) is 107 cm³/mol. The molecular formula is C22H32F3N3O. The number of carbonyl (C=O) groups excluding carboxylic acids is 1. The first-order valence-corrected chi connectivity index (χ1v) is 10.7. The van der Waals surface area contributed by atoms with Gasteiger partial charge in [0.05, 0.1) is 5.56 Å². The van der Waals surface area contributed by atoms with Crippen LogP contribution in [0.5, 0.6) is 0 Å². The fourth-order valence-corrected chi connectivity index (χ4v) is 4.29. The maximum atomic E-state index is 12.7. The van der Waals surface area contributed by atoms with Gasteiger partial charge in [-0.15, -0.1) is 0 Å². The first kappa shape index (κ1) is 22.1. The normalized spacial score (nSPS) is 20.2. The maximum absolute atomic E-state index is 12.7. The van der Waals surface area contributed by atoms with Crippen LogP contribution in [0.25, 0.3) is 0 Å². The highest BCUT2D eigenvalue weighted by Gasteiger charge is 2.30. The molecule has 162 valence electrons. The summed E-state index contributed by atoms with van der Waals surface area (Å²) in [6.07, 6.45) is -0.594. The van der Waals surface area contributed by atoms with E-state index in [-0.39, 0.29) is 5.91 Å². The molecule has 29 heavy (non-hydrogen) atoms. The molecule has 0 spiro atoms. The number of likely N-dealkylation sites (tertiary alicyclic amines) is 1. The van der Waals surface area contributed by atoms with Crippen molar-refractivity contribution < 1.29 is 18.0 Å². The second-order valence-electron chi connectivity index (χ2n) is 8.27. The van der Waals surface area contributed by atoms with E-state index < -0.39 is 11.7 Å². The van der Waals surface area contributed by atoms with Gasteiger partial charge in [-0.2, -0.15) is 13.2 Å². The quantitative estimate of drug-likeness (QED) is 0.711. The smallest absolute Gasteiger partial charge is 0.340 e. The lowest BCUT2D eigenvalue weighted by Crippen LogP contribution is -2.48. The first-order chi connectivity index (χ1) is 13.8. The van der Waals surface area contributed by atoms with Crippen molar-refractivity contribution in [1.82, 2.24) is 14.7 Å². The predicted octanol–water partition coefficient (Wildman–Crippen LogP) is 3.86. The number of likely N-dealkylation sites (N-methyl/N-ethyl adjacent to an activating group) is 1. The number of halogens is 3. The van der Waals surface area contributed by atoms with Crippen LogP contribution in [-0.4, -0.2) is 66.4 Å². The lowest BCUT2D eigenvalue weighted by atomic mass is 9.91. The van der Waals surface area contributed by atoms with E-state index in [9.17, 15) is 18.0 Å². The van der Waals surface area contributed by atoms with Crippen molar-refractivity contribution in [3.63, 3.8) is 0 Å². The van der Waals surface area contributed by atoms with E-state index in [4.69, 9.17) is 0 Å². The molecule has 0 N–H and O–H groups in total. The van der Waals surface area contributed by atoms with Gasteiger partial charge in [0.2, 0.25) is 5.91 Å². The fourth-order valence-electron chi connectivity index (χ4n) is 4.29. The highest BCUT2D eigenvalue weighted by atomic mass is 19.4. The SMILES string of the molecule is CCN1CCN(C(=O)CCC2CCN(Cc3ccc(C(F)(F)F)cc3)CC2)CC1. The van der Waals surface area contributed by atoms with Gasteiger partial charge in [0, 0.05) is 39.1 Å². The number of amides is 1. The van der Waals surface area contributed by atoms with Gasteiger partial charge in [0.1, 0.15) is 0 Å². The average Bonchev–Trinajstić information content (AvgIpc) is 2.73. The lowest BCUT2D eigenvalue weighted by molar-refractivity contribution is -0.137. The van der Waals surface area contributed by atoms with Crippen LogP contribution in [0.4, 0.5) is 13.2 Å². The summed E-state index contributed by atoms with van der Waals surface area (Å²) in [5.41, 5.74) is 0.318. The van der Waals surface area contributed by atoms with E-state index in [1.165, 1.54) is 0 Å². The minimum atomic E-state index is -4.28. The summed E-state index contributed by atoms with van der Waals surface area (Å²) in [7, 11) is 0. The zero-order valence-corrected chi connectivity index (χ0v) is 17.3. The summed E-state index contributed by atoms with van der Waals surface area (Å²) in [6.45, 7) is 9.41. The third kappa shape index (κ3) is 6.44. The molecule has 0 unspecified atom stereocenters. The van der Waals surface area contributed by atoms with Crippen molar-refractivity contribution in [3.8, 4) is 0 Å². The minimum absolute atomic E-state index is 0.285. The summed E-state index contributed by atoms with van der Waals surface area (Å²) in [6, 6.07) is 5.47. The van der Waals surface area contributed by atoms with Crippen molar-refractivity contribution in [2.45, 2.75) is 45.3 Å². The minimum Gasteiger partial charge on any atom is -0.340 e. The summed E-state index contributed by atoms with van der Waals surface area (Å²) >= 11 is 0. The van der Waals surface area contributed by atoms with Gasteiger partial charge < -0.3 is 9.80 Å². The highest BCUT2D eigenvalue weighted by Crippen LogP contribution is 2.29. The Kier molecular flexibility index (Phi) is 7.57. The number of carbonyl (C=O) groups is 1. The van der Waals surface area contributed by atoms with Crippen LogP contribution in [0.1, 0.15) is 43.7 Å². The molecule has 3 rings (SSSR count). The maximum Gasteiger partial charge on any atom is 0.416 e. The van der Waals surface area contributed by atoms with Crippen LogP contribution in [0.3, 0.4) is 0 Å². The van der Waals surface area contributed by atoms with Crippen molar-refractivity contribution in [3.05, 3.63) is 35.4 Å². The number of nitrogens with zero attached hydrogens (tertiary/aromatic N) is 3. The molecule has 2 fully saturated rings. The Morgan fingerprint density at radius 1 is 0.966 bits per heavy atom. The molecule has 0 aromatic heterocycles. The summed E-state index contributed by atoms with van der Waals surface area (Å²) < 4.78 is 38.0. The van der Waals surface area contributed by atoms with Gasteiger partial charge in [0.25, 0.3) is 0 Å². The molecular weight excluding hydrogens is 379 g/mol. The zero-order valence-electron chi connectivity index (χ0n) is 17.3. The Morgan fingerprint density at radius 3 is 2.14 bits per heavy atom. The number of hydrogen-bond donors (Lipinski definition) is 0. The third-order valence-corrected chi connectivity index (χ3v) is 6.33. The van der Waals surface area contributed by atoms with Crippen molar-refractivity contribution in [2.24, 2.45) is 5.92 Å². The van der Waals surface area contributed by atoms with Crippen LogP contribution in [-0.2, 0) is 17.5 Å². The molecule has 2 heterocycles. The highest BCUT2D eigenvalue weighted by molar-refractivity contribution is 5.76. The second kappa shape index (κ2) is 9.94. The van der Waals surface area contributed by atoms with E-state index in [1.807, 2.05) is 4.90 Å². The van der Waals surface area contributed by atoms with Crippen LogP contribution in [0, 0.1) is 5.92 Å². The topological polar surface area (TPSA) is 26.8 Å². The molecule has 0 bridgehead atoms. The molecule has 2 aliphatic rings. The molecule has 1 aromatic carbocycles. The molecule has 4 nitrogen and oxygen atoms in total. The Morgan fingerprint density at radius 2 is 1.59 bits per heavy atom. The van der Waals surface area contributed by atoms with E-state index in [1.54, 1.807) is 12.1 Å². The molecule has 7 heteroatoms. The number of hydrogen-bond acceptors (Lipinski definition) is 3. The molecule has 0 atom stereocenters. The number of piperidine rings is 1. The van der Waals surface area contributed by atoms with Gasteiger partial charge in [0.15, 0.2) is 0 Å². The molecule has 2 aliphatic heterocycles. The summed E-state index contributed by atoms with van der Waals surface area (Å²) in [5.74, 6) is 0.854. The van der Waals surface area contributed by atoms with Crippen LogP contribution in [0.15, 0.2) is 24.3 Å². The Labute approximate surface area is 171 Å². The van der Waals surface area contributed by atoms with E-state index in [0.717, 1.165) is 82.8 Å². The summed E-state index contributed by atoms with van der Waals surface area (Å²) in [5, 5.41) is 0. The number of benzene rings is 1. The van der Waals surface area contributed by atoms with Gasteiger partial charge in [-0.1, -0.05) is 19.1 Å². The Hall–Kier alpha value is -1.60. The Bertz CT molecular complexity index is 646. The summed E-state index contributed by atoms with van der Waals surface area (Å²) in [4.78, 5) is 19.1. The van der Waals surface area contributed by atoms with Gasteiger partial charge in [-0.3, -0.25) is 9.69 Å². The number of rotatable bonds is 6. The number of piperazine rings is 1. The van der Waals surface area contributed by atoms with Gasteiger partial charge in [-0.05, 0) is 62.5 Å². The van der Waals surface area contributed by atoms with Gasteiger partial charge in [-0.25, -0.2) is 0 Å². The monoisotopic (exact) mass is 411 g/mol. The molecule has 0 saturated carbocycles. The van der Waals surface area contributed by atoms with Crippen molar-refractivity contribution >= 4 is 5.91 Å². The molecule has 2 saturated heterocycles. The molecule has 0 aliphatic carbocycles. The zero-order chi connectivity index (χ0) is 20.9. The van der Waals surface area contributed by atoms with Crippen LogP contribution in [0.2, 0.25) is 0 Å². The number of alkyl halides is 3. The van der Waals surface area contributed by atoms with E-state index >= 15 is 0 Å². The molecule has 1 amide bonds. The lowest BCUT2D eigenvalue weighted by Gasteiger charge is -2.35. The second-order valence-corrected chi connectivity index (χ2v) is 8.27. The van der Waals surface area contributed by atoms with Crippen molar-refractivity contribution in [2.75, 3.05) is 45.8 Å². The Balaban J connectivity index is 1.36. The average molecular weight is 412 g/mol. The van der Waals surface area contributed by atoms with E-state index in [0.29, 0.717) is 18.9 Å². The van der Waals surface area contributed by atoms with Gasteiger partial charge >= 0.3 is 6.18 Å². The van der Waals surface area contributed by atoms with E-state index in [2.05, 4.69) is 16.7 Å². The van der Waals surface area contributed by atoms with Crippen LogP contribution >= 0.6 is 0 Å². The molecule has 1 aromatic rings. The standard InChI is InChI=1S/C22H32F3N3O/c1-2-26-13-15-28(16-14-26)21(29)8-5-18-9-11-27(12-10-18)17-19-3-6-20(7-4-19)22(23,24)25/h3-4,6-7,18H,2,5,8-17H2,1H3. The third-order valence-electron chi connectivity index (χ3n) is 6.33. The molecule has 0 radical (unpaired) electrons. The largest absolute Gasteiger partial charge is 0.416 e. The fraction of sp³-hybridized carbons (Fsp3) is 0.682. The van der Waals surface area contributed by atoms with Crippen LogP contribution < -0.4 is 0 Å². The van der Waals surface area contributed by atoms with Crippen molar-refractivity contribution in [1.29, 1.82) is 0 Å².